The van der Waals surface area contributed by atoms with Gasteiger partial charge in [0.15, 0.2) is 17.6 Å². The summed E-state index contributed by atoms with van der Waals surface area (Å²) in [4.78, 5) is 9.33. The van der Waals surface area contributed by atoms with Crippen molar-refractivity contribution in [2.75, 3.05) is 11.9 Å². The number of fused-ring (bicyclic) bond motifs is 1. The fourth-order valence-corrected chi connectivity index (χ4v) is 2.83. The summed E-state index contributed by atoms with van der Waals surface area (Å²) in [7, 11) is 0. The number of hydrogen-bond acceptors (Lipinski definition) is 5. The number of aromatic amines is 1. The summed E-state index contributed by atoms with van der Waals surface area (Å²) in [6, 6.07) is 12.2. The van der Waals surface area contributed by atoms with E-state index in [1.807, 2.05) is 24.3 Å². The number of nitrogens with one attached hydrogen (secondary N) is 2. The molecule has 7 nitrogen and oxygen atoms in total. The monoisotopic (exact) mass is 469 g/mol. The van der Waals surface area contributed by atoms with Gasteiger partial charge in [-0.3, -0.25) is 5.10 Å². The van der Waals surface area contributed by atoms with E-state index in [1.165, 1.54) is 6.07 Å². The number of benzene rings is 2. The number of H-pyrrole nitrogens is 1. The third-order valence-electron chi connectivity index (χ3n) is 4.09. The molecule has 3 aromatic rings. The number of carboxylic acid groups (broad SMARTS) is 1. The van der Waals surface area contributed by atoms with E-state index in [2.05, 4.69) is 15.5 Å². The van der Waals surface area contributed by atoms with Crippen LogP contribution >= 0.6 is 12.2 Å². The van der Waals surface area contributed by atoms with E-state index in [0.29, 0.717) is 39.9 Å². The number of ether oxygens (including phenoxy) is 2. The van der Waals surface area contributed by atoms with Crippen LogP contribution in [0.25, 0.3) is 11.1 Å². The molecule has 0 amide bonds. The van der Waals surface area contributed by atoms with Gasteiger partial charge in [0.1, 0.15) is 17.4 Å². The Morgan fingerprint density at radius 1 is 1.22 bits per heavy atom. The van der Waals surface area contributed by atoms with E-state index < -0.39 is 18.2 Å². The molecule has 0 aliphatic carbocycles. The van der Waals surface area contributed by atoms with Crippen molar-refractivity contribution in [3.05, 3.63) is 60.7 Å². The molecule has 0 saturated carbocycles. The van der Waals surface area contributed by atoms with Crippen LogP contribution in [0.5, 0.6) is 11.5 Å². The number of para-hydroxylation sites is 2. The number of aromatic nitrogens is 2. The second-order valence-corrected chi connectivity index (χ2v) is 6.78. The van der Waals surface area contributed by atoms with Crippen LogP contribution in [-0.4, -0.2) is 45.1 Å². The number of carbonyl (C=O) groups is 1. The summed E-state index contributed by atoms with van der Waals surface area (Å²) in [5.74, 6) is -1.78. The molecular weight excluding hydrogens is 454 g/mol. The van der Waals surface area contributed by atoms with Gasteiger partial charge in [-0.15, -0.1) is 0 Å². The van der Waals surface area contributed by atoms with E-state index in [0.717, 1.165) is 0 Å². The smallest absolute Gasteiger partial charge is 0.485 e. The van der Waals surface area contributed by atoms with Gasteiger partial charge in [-0.2, -0.15) is 18.3 Å². The van der Waals surface area contributed by atoms with Gasteiger partial charge in [0, 0.05) is 23.0 Å². The van der Waals surface area contributed by atoms with Crippen LogP contribution in [0, 0.1) is 5.82 Å². The predicted molar refractivity (Wildman–Crippen MR) is 110 cm³/mol. The molecule has 4 rings (SSSR count). The third kappa shape index (κ3) is 5.72. The Kier molecular flexibility index (Phi) is 6.93. The van der Waals surface area contributed by atoms with Crippen LogP contribution in [0.3, 0.4) is 0 Å². The van der Waals surface area contributed by atoms with Crippen LogP contribution in [0.4, 0.5) is 23.2 Å². The fourth-order valence-electron chi connectivity index (χ4n) is 2.60. The van der Waals surface area contributed by atoms with E-state index in [4.69, 9.17) is 31.6 Å². The molecule has 0 radical (unpaired) electrons. The van der Waals surface area contributed by atoms with Crippen LogP contribution in [0.2, 0.25) is 0 Å². The van der Waals surface area contributed by atoms with Crippen molar-refractivity contribution in [3.8, 4) is 22.6 Å². The molecule has 2 aromatic carbocycles. The number of thiocarbonyl (C=S) groups is 1. The third-order valence-corrected chi connectivity index (χ3v) is 4.45. The molecule has 0 spiro atoms. The lowest BCUT2D eigenvalue weighted by atomic mass is 10.1. The molecule has 12 heteroatoms. The second kappa shape index (κ2) is 9.64. The van der Waals surface area contributed by atoms with Gasteiger partial charge in [0.2, 0.25) is 0 Å². The number of aliphatic carboxylic acids is 1. The maximum absolute atomic E-state index is 14.3. The van der Waals surface area contributed by atoms with Gasteiger partial charge in [-0.1, -0.05) is 24.4 Å². The van der Waals surface area contributed by atoms with Crippen molar-refractivity contribution in [3.63, 3.8) is 0 Å². The zero-order chi connectivity index (χ0) is 23.3. The quantitative estimate of drug-likeness (QED) is 0.386. The maximum Gasteiger partial charge on any atom is 0.490 e. The average molecular weight is 469 g/mol. The summed E-state index contributed by atoms with van der Waals surface area (Å²) in [6.07, 6.45) is -2.30. The number of nitrogens with zero attached hydrogens (tertiary/aromatic N) is 1. The Morgan fingerprint density at radius 3 is 2.50 bits per heavy atom. The summed E-state index contributed by atoms with van der Waals surface area (Å²) in [6.45, 7) is 0.304. The number of hydrogen-bond donors (Lipinski definition) is 3. The Labute approximate surface area is 184 Å². The van der Waals surface area contributed by atoms with E-state index in [9.17, 15) is 17.6 Å². The molecule has 0 fully saturated rings. The first kappa shape index (κ1) is 23.0. The van der Waals surface area contributed by atoms with Crippen molar-refractivity contribution in [2.45, 2.75) is 12.3 Å². The van der Waals surface area contributed by atoms with Crippen LogP contribution in [0.15, 0.2) is 54.9 Å². The lowest BCUT2D eigenvalue weighted by Crippen LogP contribution is -2.39. The molecular formula is C20H15F4N3O4S. The number of halogens is 4. The number of alkyl halides is 3. The average Bonchev–Trinajstić information content (AvgIpc) is 3.28. The van der Waals surface area contributed by atoms with Gasteiger partial charge in [-0.25, -0.2) is 9.18 Å². The highest BCUT2D eigenvalue weighted by atomic mass is 32.1. The maximum atomic E-state index is 14.3. The van der Waals surface area contributed by atoms with Gasteiger partial charge >= 0.3 is 12.1 Å². The van der Waals surface area contributed by atoms with E-state index in [-0.39, 0.29) is 5.82 Å². The van der Waals surface area contributed by atoms with Gasteiger partial charge in [0.05, 0.1) is 6.20 Å². The molecule has 1 aliphatic heterocycles. The highest BCUT2D eigenvalue weighted by Gasteiger charge is 2.38. The normalized spacial score (nSPS) is 14.7. The minimum absolute atomic E-state index is 0.304. The minimum atomic E-state index is -5.08. The summed E-state index contributed by atoms with van der Waals surface area (Å²) in [5, 5.41) is 16.6. The molecule has 2 heterocycles. The zero-order valence-electron chi connectivity index (χ0n) is 16.0. The minimum Gasteiger partial charge on any atom is -0.485 e. The van der Waals surface area contributed by atoms with Crippen molar-refractivity contribution < 1.29 is 36.9 Å². The van der Waals surface area contributed by atoms with Crippen LogP contribution < -0.4 is 14.8 Å². The zero-order valence-corrected chi connectivity index (χ0v) is 16.8. The molecule has 0 saturated heterocycles. The lowest BCUT2D eigenvalue weighted by molar-refractivity contribution is -0.192. The summed E-state index contributed by atoms with van der Waals surface area (Å²) >= 11 is 5.39. The Bertz CT molecular complexity index is 1110. The van der Waals surface area contributed by atoms with Gasteiger partial charge < -0.3 is 19.9 Å². The van der Waals surface area contributed by atoms with E-state index >= 15 is 0 Å². The largest absolute Gasteiger partial charge is 0.490 e. The molecule has 1 unspecified atom stereocenters. The highest BCUT2D eigenvalue weighted by molar-refractivity contribution is 7.80. The molecule has 0 bridgehead atoms. The first-order valence-electron chi connectivity index (χ1n) is 8.93. The number of anilines is 1. The molecule has 3 N–H and O–H groups in total. The number of rotatable bonds is 3. The first-order chi connectivity index (χ1) is 15.1. The summed E-state index contributed by atoms with van der Waals surface area (Å²) in [5.41, 5.74) is 1.71. The Hall–Kier alpha value is -3.67. The first-order valence-corrected chi connectivity index (χ1v) is 9.34. The van der Waals surface area contributed by atoms with Gasteiger partial charge in [-0.05, 0) is 30.3 Å². The van der Waals surface area contributed by atoms with Crippen LogP contribution in [0.1, 0.15) is 0 Å². The number of carboxylic acids is 1. The molecule has 1 aromatic heterocycles. The fraction of sp³-hybridized carbons (Fsp3) is 0.150. The SMILES string of the molecule is Fc1cc(NC(=S)C2COc3ccccc3O2)ccc1-c1cn[nH]c1.O=C(O)C(F)(F)F. The highest BCUT2D eigenvalue weighted by Crippen LogP contribution is 2.31. The van der Waals surface area contributed by atoms with E-state index in [1.54, 1.807) is 24.5 Å². The lowest BCUT2D eigenvalue weighted by Gasteiger charge is -2.27. The molecule has 1 aliphatic rings. The van der Waals surface area contributed by atoms with Crippen LogP contribution in [-0.2, 0) is 4.79 Å². The molecule has 1 atom stereocenters. The van der Waals surface area contributed by atoms with Crippen molar-refractivity contribution in [1.82, 2.24) is 10.2 Å². The van der Waals surface area contributed by atoms with Crippen molar-refractivity contribution in [1.29, 1.82) is 0 Å². The second-order valence-electron chi connectivity index (χ2n) is 6.34. The molecule has 168 valence electrons. The molecule has 32 heavy (non-hydrogen) atoms. The van der Waals surface area contributed by atoms with Crippen molar-refractivity contribution >= 4 is 28.9 Å². The topological polar surface area (TPSA) is 96.5 Å². The summed E-state index contributed by atoms with van der Waals surface area (Å²) < 4.78 is 57.6. The van der Waals surface area contributed by atoms with Gasteiger partial charge in [0.25, 0.3) is 0 Å². The van der Waals surface area contributed by atoms with Crippen molar-refractivity contribution in [2.24, 2.45) is 0 Å². The Balaban J connectivity index is 0.000000360. The standard InChI is InChI=1S/C18H14FN3O2S.C2HF3O2/c19-14-7-12(5-6-13(14)11-8-20-21-9-11)22-18(25)17-10-23-15-3-1-2-4-16(15)24-17;3-2(4,5)1(6)7/h1-9,17H,10H2,(H,20,21)(H,22,25);(H,6,7). The Morgan fingerprint density at radius 2 is 1.91 bits per heavy atom. The predicted octanol–water partition coefficient (Wildman–Crippen LogP) is 4.43.